The largest absolute Gasteiger partial charge is 0.341 e. The molecule has 0 unspecified atom stereocenters. The summed E-state index contributed by atoms with van der Waals surface area (Å²) < 4.78 is 1.53. The van der Waals surface area contributed by atoms with Crippen LogP contribution in [0.5, 0.6) is 0 Å². The number of hydrogen-bond acceptors (Lipinski definition) is 4. The van der Waals surface area contributed by atoms with Gasteiger partial charge in [-0.15, -0.1) is 10.2 Å². The molecule has 0 fully saturated rings. The predicted molar refractivity (Wildman–Crippen MR) is 86.4 cm³/mol. The lowest BCUT2D eigenvalue weighted by Crippen LogP contribution is -2.42. The van der Waals surface area contributed by atoms with Crippen molar-refractivity contribution in [1.82, 2.24) is 19.9 Å². The van der Waals surface area contributed by atoms with Gasteiger partial charge in [0.1, 0.15) is 12.7 Å². The fraction of sp³-hybridized carbons (Fsp3) is 0.125. The van der Waals surface area contributed by atoms with Gasteiger partial charge in [-0.3, -0.25) is 4.98 Å². The monoisotopic (exact) mass is 308 g/mol. The molecule has 7 heteroatoms. The highest BCUT2D eigenvalue weighted by atomic mass is 16.2. The van der Waals surface area contributed by atoms with Crippen molar-refractivity contribution >= 4 is 11.7 Å². The van der Waals surface area contributed by atoms with Crippen molar-refractivity contribution in [3.63, 3.8) is 0 Å². The third-order valence-electron chi connectivity index (χ3n) is 3.26. The Bertz CT molecular complexity index is 755. The van der Waals surface area contributed by atoms with Gasteiger partial charge in [0.25, 0.3) is 0 Å². The Kier molecular flexibility index (Phi) is 4.28. The lowest BCUT2D eigenvalue weighted by Gasteiger charge is -2.22. The van der Waals surface area contributed by atoms with Crippen LogP contribution in [0.25, 0.3) is 0 Å². The number of nitrogens with zero attached hydrogens (tertiary/aromatic N) is 5. The number of carbonyl (C=O) groups excluding carboxylic acids is 1. The Morgan fingerprint density at radius 2 is 1.87 bits per heavy atom. The molecule has 0 aliphatic heterocycles. The summed E-state index contributed by atoms with van der Waals surface area (Å²) >= 11 is 0. The third-order valence-corrected chi connectivity index (χ3v) is 3.26. The maximum absolute atomic E-state index is 12.6. The van der Waals surface area contributed by atoms with Crippen LogP contribution in [-0.4, -0.2) is 25.9 Å². The summed E-state index contributed by atoms with van der Waals surface area (Å²) in [6.07, 6.45) is 4.63. The SMILES string of the molecule is Cc1ccc(NC(=O)N(Cc2ccccn2)n2cnnc2)cc1. The minimum absolute atomic E-state index is 0.292. The first kappa shape index (κ1) is 14.7. The van der Waals surface area contributed by atoms with Crippen molar-refractivity contribution < 1.29 is 4.79 Å². The molecule has 116 valence electrons. The van der Waals surface area contributed by atoms with E-state index in [1.54, 1.807) is 6.20 Å². The second-order valence-electron chi connectivity index (χ2n) is 5.02. The minimum Gasteiger partial charge on any atom is -0.306 e. The van der Waals surface area contributed by atoms with Crippen LogP contribution in [0.3, 0.4) is 0 Å². The molecular weight excluding hydrogens is 292 g/mol. The Labute approximate surface area is 133 Å². The van der Waals surface area contributed by atoms with Gasteiger partial charge in [-0.2, -0.15) is 0 Å². The molecule has 1 N–H and O–H groups in total. The topological polar surface area (TPSA) is 75.9 Å². The first-order valence-corrected chi connectivity index (χ1v) is 7.12. The lowest BCUT2D eigenvalue weighted by molar-refractivity contribution is 0.251. The van der Waals surface area contributed by atoms with Crippen LogP contribution in [0.4, 0.5) is 10.5 Å². The summed E-state index contributed by atoms with van der Waals surface area (Å²) in [7, 11) is 0. The fourth-order valence-corrected chi connectivity index (χ4v) is 2.05. The number of amides is 2. The van der Waals surface area contributed by atoms with Gasteiger partial charge in [0, 0.05) is 11.9 Å². The van der Waals surface area contributed by atoms with Crippen LogP contribution in [0, 0.1) is 6.92 Å². The normalized spacial score (nSPS) is 10.3. The molecular formula is C16H16N6O. The maximum atomic E-state index is 12.6. The van der Waals surface area contributed by atoms with E-state index in [0.29, 0.717) is 6.54 Å². The van der Waals surface area contributed by atoms with E-state index in [-0.39, 0.29) is 6.03 Å². The Morgan fingerprint density at radius 3 is 2.52 bits per heavy atom. The van der Waals surface area contributed by atoms with E-state index in [1.165, 1.54) is 22.3 Å². The van der Waals surface area contributed by atoms with Crippen molar-refractivity contribution in [3.8, 4) is 0 Å². The molecule has 0 bridgehead atoms. The third kappa shape index (κ3) is 3.70. The van der Waals surface area contributed by atoms with E-state index in [0.717, 1.165) is 16.9 Å². The number of benzene rings is 1. The summed E-state index contributed by atoms with van der Waals surface area (Å²) in [5.74, 6) is 0. The maximum Gasteiger partial charge on any atom is 0.341 e. The summed E-state index contributed by atoms with van der Waals surface area (Å²) in [5, 5.41) is 11.8. The molecule has 0 atom stereocenters. The minimum atomic E-state index is -0.292. The number of rotatable bonds is 4. The van der Waals surface area contributed by atoms with Crippen molar-refractivity contribution in [2.24, 2.45) is 0 Å². The molecule has 0 radical (unpaired) electrons. The number of urea groups is 1. The van der Waals surface area contributed by atoms with Crippen LogP contribution >= 0.6 is 0 Å². The number of anilines is 1. The highest BCUT2D eigenvalue weighted by Crippen LogP contribution is 2.10. The zero-order chi connectivity index (χ0) is 16.1. The molecule has 23 heavy (non-hydrogen) atoms. The van der Waals surface area contributed by atoms with E-state index in [1.807, 2.05) is 49.4 Å². The standard InChI is InChI=1S/C16H16N6O/c1-13-5-7-14(8-6-13)20-16(23)22(21-11-18-19-12-21)10-15-4-2-3-9-17-15/h2-9,11-12H,10H2,1H3,(H,20,23). The van der Waals surface area contributed by atoms with Gasteiger partial charge in [-0.25, -0.2) is 14.5 Å². The van der Waals surface area contributed by atoms with Gasteiger partial charge < -0.3 is 5.32 Å². The highest BCUT2D eigenvalue weighted by Gasteiger charge is 2.17. The fourth-order valence-electron chi connectivity index (χ4n) is 2.05. The molecule has 7 nitrogen and oxygen atoms in total. The zero-order valence-electron chi connectivity index (χ0n) is 12.6. The molecule has 0 aliphatic rings. The molecule has 2 amide bonds. The van der Waals surface area contributed by atoms with Crippen LogP contribution in [-0.2, 0) is 6.54 Å². The van der Waals surface area contributed by atoms with E-state index >= 15 is 0 Å². The number of carbonyl (C=O) groups is 1. The predicted octanol–water partition coefficient (Wildman–Crippen LogP) is 2.35. The molecule has 0 saturated heterocycles. The van der Waals surface area contributed by atoms with E-state index in [4.69, 9.17) is 0 Å². The second-order valence-corrected chi connectivity index (χ2v) is 5.02. The summed E-state index contributed by atoms with van der Waals surface area (Å²) in [4.78, 5) is 16.9. The van der Waals surface area contributed by atoms with Crippen molar-refractivity contribution in [1.29, 1.82) is 0 Å². The Morgan fingerprint density at radius 1 is 1.13 bits per heavy atom. The van der Waals surface area contributed by atoms with Crippen molar-refractivity contribution in [2.45, 2.75) is 13.5 Å². The van der Waals surface area contributed by atoms with Crippen LogP contribution < -0.4 is 10.3 Å². The summed E-state index contributed by atoms with van der Waals surface area (Å²) in [6.45, 7) is 2.30. The van der Waals surface area contributed by atoms with Crippen LogP contribution in [0.2, 0.25) is 0 Å². The van der Waals surface area contributed by atoms with Gasteiger partial charge in [0.2, 0.25) is 0 Å². The Hall–Kier alpha value is -3.22. The van der Waals surface area contributed by atoms with Gasteiger partial charge in [-0.1, -0.05) is 23.8 Å². The molecule has 0 saturated carbocycles. The molecule has 1 aromatic carbocycles. The number of hydrogen-bond donors (Lipinski definition) is 1. The quantitative estimate of drug-likeness (QED) is 0.802. The van der Waals surface area contributed by atoms with E-state index in [2.05, 4.69) is 20.5 Å². The molecule has 3 rings (SSSR count). The molecule has 2 aromatic heterocycles. The van der Waals surface area contributed by atoms with Crippen LogP contribution in [0.15, 0.2) is 61.3 Å². The van der Waals surface area contributed by atoms with Gasteiger partial charge >= 0.3 is 6.03 Å². The number of aromatic nitrogens is 4. The first-order valence-electron chi connectivity index (χ1n) is 7.12. The van der Waals surface area contributed by atoms with E-state index in [9.17, 15) is 4.79 Å². The second kappa shape index (κ2) is 6.69. The summed E-state index contributed by atoms with van der Waals surface area (Å²) in [6, 6.07) is 12.9. The van der Waals surface area contributed by atoms with Crippen molar-refractivity contribution in [3.05, 3.63) is 72.6 Å². The van der Waals surface area contributed by atoms with Crippen molar-refractivity contribution in [2.75, 3.05) is 10.3 Å². The average molecular weight is 308 g/mol. The van der Waals surface area contributed by atoms with Gasteiger partial charge in [-0.05, 0) is 31.2 Å². The summed E-state index contributed by atoms with van der Waals surface area (Å²) in [5.41, 5.74) is 2.62. The molecule has 0 aliphatic carbocycles. The van der Waals surface area contributed by atoms with Gasteiger partial charge in [0.15, 0.2) is 0 Å². The smallest absolute Gasteiger partial charge is 0.306 e. The van der Waals surface area contributed by atoms with Gasteiger partial charge in [0.05, 0.1) is 12.2 Å². The first-order chi connectivity index (χ1) is 11.2. The average Bonchev–Trinajstić information content (AvgIpc) is 3.10. The lowest BCUT2D eigenvalue weighted by atomic mass is 10.2. The molecule has 0 spiro atoms. The van der Waals surface area contributed by atoms with Crippen LogP contribution in [0.1, 0.15) is 11.3 Å². The number of pyridine rings is 1. The zero-order valence-corrected chi connectivity index (χ0v) is 12.6. The van der Waals surface area contributed by atoms with E-state index < -0.39 is 0 Å². The number of aryl methyl sites for hydroxylation is 1. The molecule has 2 heterocycles. The number of nitrogens with one attached hydrogen (secondary N) is 1. The Balaban J connectivity index is 1.80. The molecule has 3 aromatic rings. The highest BCUT2D eigenvalue weighted by molar-refractivity contribution is 5.96.